The van der Waals surface area contributed by atoms with Gasteiger partial charge in [-0.25, -0.2) is 0 Å². The Labute approximate surface area is 133 Å². The van der Waals surface area contributed by atoms with Crippen LogP contribution in [0.2, 0.25) is 5.02 Å². The number of quaternary nitrogens is 1. The number of carbonyl (C=O) groups excluding carboxylic acids is 1. The first kappa shape index (κ1) is 14.6. The maximum absolute atomic E-state index is 12.3. The molecule has 0 spiro atoms. The van der Waals surface area contributed by atoms with Crippen LogP contribution >= 0.6 is 22.9 Å². The van der Waals surface area contributed by atoms with Gasteiger partial charge >= 0.3 is 0 Å². The first-order valence-electron chi connectivity index (χ1n) is 7.14. The van der Waals surface area contributed by atoms with Crippen LogP contribution in [0.4, 0.5) is 0 Å². The van der Waals surface area contributed by atoms with Crippen LogP contribution in [0.25, 0.3) is 0 Å². The molecule has 110 valence electrons. The molecule has 1 fully saturated rings. The number of halogens is 1. The maximum atomic E-state index is 12.3. The van der Waals surface area contributed by atoms with Crippen LogP contribution in [-0.4, -0.2) is 37.0 Å². The number of nitrogens with one attached hydrogen (secondary N) is 1. The van der Waals surface area contributed by atoms with Crippen LogP contribution in [-0.2, 0) is 6.54 Å². The summed E-state index contributed by atoms with van der Waals surface area (Å²) in [7, 11) is 0. The molecule has 1 aliphatic rings. The van der Waals surface area contributed by atoms with E-state index < -0.39 is 0 Å². The van der Waals surface area contributed by atoms with Crippen LogP contribution in [0.1, 0.15) is 15.2 Å². The van der Waals surface area contributed by atoms with Crippen molar-refractivity contribution in [2.75, 3.05) is 26.2 Å². The molecule has 1 aromatic heterocycles. The van der Waals surface area contributed by atoms with E-state index in [4.69, 9.17) is 11.6 Å². The van der Waals surface area contributed by atoms with Crippen LogP contribution in [0.15, 0.2) is 41.8 Å². The molecular weight excluding hydrogens is 304 g/mol. The van der Waals surface area contributed by atoms with E-state index in [1.165, 1.54) is 21.8 Å². The van der Waals surface area contributed by atoms with Gasteiger partial charge in [-0.05, 0) is 17.5 Å². The van der Waals surface area contributed by atoms with E-state index in [0.717, 1.165) is 42.6 Å². The van der Waals surface area contributed by atoms with Crippen molar-refractivity contribution in [3.63, 3.8) is 0 Å². The molecule has 3 nitrogen and oxygen atoms in total. The molecule has 0 saturated carbocycles. The van der Waals surface area contributed by atoms with Crippen molar-refractivity contribution in [1.29, 1.82) is 0 Å². The molecule has 1 aromatic carbocycles. The van der Waals surface area contributed by atoms with Crippen molar-refractivity contribution >= 4 is 28.8 Å². The second-order valence-electron chi connectivity index (χ2n) is 5.29. The molecule has 5 heteroatoms. The van der Waals surface area contributed by atoms with Crippen molar-refractivity contribution in [2.45, 2.75) is 6.54 Å². The quantitative estimate of drug-likeness (QED) is 0.918. The van der Waals surface area contributed by atoms with Crippen LogP contribution < -0.4 is 4.90 Å². The Morgan fingerprint density at radius 2 is 1.95 bits per heavy atom. The number of benzene rings is 1. The van der Waals surface area contributed by atoms with E-state index in [1.54, 1.807) is 0 Å². The van der Waals surface area contributed by atoms with Crippen molar-refractivity contribution in [3.05, 3.63) is 57.2 Å². The first-order valence-corrected chi connectivity index (χ1v) is 8.39. The van der Waals surface area contributed by atoms with E-state index in [1.807, 2.05) is 40.6 Å². The fourth-order valence-corrected chi connectivity index (χ4v) is 3.56. The van der Waals surface area contributed by atoms with E-state index in [9.17, 15) is 4.79 Å². The molecule has 0 aliphatic carbocycles. The summed E-state index contributed by atoms with van der Waals surface area (Å²) >= 11 is 7.73. The van der Waals surface area contributed by atoms with Gasteiger partial charge in [0, 0.05) is 10.6 Å². The van der Waals surface area contributed by atoms with E-state index in [-0.39, 0.29) is 5.91 Å². The Morgan fingerprint density at radius 3 is 2.62 bits per heavy atom. The molecule has 2 aromatic rings. The predicted octanol–water partition coefficient (Wildman–Crippen LogP) is 1.94. The second-order valence-corrected chi connectivity index (χ2v) is 6.64. The average molecular weight is 322 g/mol. The van der Waals surface area contributed by atoms with Gasteiger partial charge in [0.25, 0.3) is 5.91 Å². The summed E-state index contributed by atoms with van der Waals surface area (Å²) in [5.41, 5.74) is 1.19. The lowest BCUT2D eigenvalue weighted by atomic mass is 10.2. The SMILES string of the molecule is O=C(c1cccs1)N1CC[NH+](Cc2ccccc2Cl)CC1. The van der Waals surface area contributed by atoms with Gasteiger partial charge in [0.1, 0.15) is 6.54 Å². The third-order valence-electron chi connectivity index (χ3n) is 3.89. The monoisotopic (exact) mass is 321 g/mol. The molecule has 3 rings (SSSR count). The zero-order chi connectivity index (χ0) is 14.7. The summed E-state index contributed by atoms with van der Waals surface area (Å²) < 4.78 is 0. The van der Waals surface area contributed by atoms with E-state index >= 15 is 0 Å². The fourth-order valence-electron chi connectivity index (χ4n) is 2.67. The molecule has 21 heavy (non-hydrogen) atoms. The molecule has 0 atom stereocenters. The number of rotatable bonds is 3. The number of amides is 1. The fraction of sp³-hybridized carbons (Fsp3) is 0.312. The number of hydrogen-bond donors (Lipinski definition) is 1. The first-order chi connectivity index (χ1) is 10.2. The average Bonchev–Trinajstić information content (AvgIpc) is 3.04. The Hall–Kier alpha value is -1.36. The third-order valence-corrected chi connectivity index (χ3v) is 5.11. The number of thiophene rings is 1. The Balaban J connectivity index is 1.56. The molecule has 1 amide bonds. The van der Waals surface area contributed by atoms with Crippen LogP contribution in [0.3, 0.4) is 0 Å². The smallest absolute Gasteiger partial charge is 0.264 e. The Kier molecular flexibility index (Phi) is 4.58. The van der Waals surface area contributed by atoms with Gasteiger partial charge in [0.2, 0.25) is 0 Å². The number of hydrogen-bond acceptors (Lipinski definition) is 2. The lowest BCUT2D eigenvalue weighted by Gasteiger charge is -2.32. The molecule has 0 bridgehead atoms. The minimum Gasteiger partial charge on any atom is -0.328 e. The number of piperazine rings is 1. The zero-order valence-electron chi connectivity index (χ0n) is 11.7. The predicted molar refractivity (Wildman–Crippen MR) is 86.1 cm³/mol. The molecule has 0 radical (unpaired) electrons. The molecule has 1 saturated heterocycles. The van der Waals surface area contributed by atoms with E-state index in [0.29, 0.717) is 0 Å². The van der Waals surface area contributed by atoms with Crippen LogP contribution in [0.5, 0.6) is 0 Å². The van der Waals surface area contributed by atoms with Crippen molar-refractivity contribution in [1.82, 2.24) is 4.90 Å². The summed E-state index contributed by atoms with van der Waals surface area (Å²) in [6.07, 6.45) is 0. The highest BCUT2D eigenvalue weighted by Gasteiger charge is 2.25. The Bertz CT molecular complexity index is 606. The van der Waals surface area contributed by atoms with Gasteiger partial charge in [-0.3, -0.25) is 4.79 Å². The summed E-state index contributed by atoms with van der Waals surface area (Å²) in [6.45, 7) is 4.51. The minimum absolute atomic E-state index is 0.168. The van der Waals surface area contributed by atoms with Gasteiger partial charge in [-0.15, -0.1) is 11.3 Å². The molecule has 2 heterocycles. The normalized spacial score (nSPS) is 16.1. The topological polar surface area (TPSA) is 24.8 Å². The zero-order valence-corrected chi connectivity index (χ0v) is 13.3. The summed E-state index contributed by atoms with van der Waals surface area (Å²) in [4.78, 5) is 16.6. The molecule has 1 aliphatic heterocycles. The standard InChI is InChI=1S/C16H17ClN2OS/c17-14-5-2-1-4-13(14)12-18-7-9-19(10-8-18)16(20)15-6-3-11-21-15/h1-6,11H,7-10,12H2/p+1. The maximum Gasteiger partial charge on any atom is 0.264 e. The number of carbonyl (C=O) groups is 1. The summed E-state index contributed by atoms with van der Waals surface area (Å²) in [5, 5.41) is 2.79. The van der Waals surface area contributed by atoms with Gasteiger partial charge in [-0.1, -0.05) is 35.9 Å². The highest BCUT2D eigenvalue weighted by atomic mass is 35.5. The van der Waals surface area contributed by atoms with Gasteiger partial charge in [0.05, 0.1) is 31.1 Å². The van der Waals surface area contributed by atoms with Crippen molar-refractivity contribution in [2.24, 2.45) is 0 Å². The second kappa shape index (κ2) is 6.60. The molecule has 1 N–H and O–H groups in total. The largest absolute Gasteiger partial charge is 0.328 e. The van der Waals surface area contributed by atoms with Gasteiger partial charge < -0.3 is 9.80 Å². The van der Waals surface area contributed by atoms with Gasteiger partial charge in [-0.2, -0.15) is 0 Å². The van der Waals surface area contributed by atoms with Crippen molar-refractivity contribution < 1.29 is 9.69 Å². The summed E-state index contributed by atoms with van der Waals surface area (Å²) in [5.74, 6) is 0.168. The van der Waals surface area contributed by atoms with Crippen molar-refractivity contribution in [3.8, 4) is 0 Å². The molecular formula is C16H18ClN2OS+. The highest BCUT2D eigenvalue weighted by molar-refractivity contribution is 7.12. The van der Waals surface area contributed by atoms with E-state index in [2.05, 4.69) is 6.07 Å². The third kappa shape index (κ3) is 3.46. The lowest BCUT2D eigenvalue weighted by molar-refractivity contribution is -0.917. The lowest BCUT2D eigenvalue weighted by Crippen LogP contribution is -3.13. The highest BCUT2D eigenvalue weighted by Crippen LogP contribution is 2.14. The molecule has 0 unspecified atom stereocenters. The Morgan fingerprint density at radius 1 is 1.19 bits per heavy atom. The summed E-state index contributed by atoms with van der Waals surface area (Å²) in [6, 6.07) is 11.8. The van der Waals surface area contributed by atoms with Crippen LogP contribution in [0, 0.1) is 0 Å². The number of nitrogens with zero attached hydrogens (tertiary/aromatic N) is 1. The minimum atomic E-state index is 0.168. The van der Waals surface area contributed by atoms with Gasteiger partial charge in [0.15, 0.2) is 0 Å².